The third kappa shape index (κ3) is 6.68. The van der Waals surface area contributed by atoms with Crippen LogP contribution in [0.2, 0.25) is 0 Å². The molecule has 7 nitrogen and oxygen atoms in total. The predicted octanol–water partition coefficient (Wildman–Crippen LogP) is 4.74. The van der Waals surface area contributed by atoms with Crippen LogP contribution < -0.4 is 10.6 Å². The molecule has 0 aliphatic heterocycles. The normalized spacial score (nSPS) is 11.7. The molecule has 2 amide bonds. The number of thiazole rings is 1. The Labute approximate surface area is 186 Å². The van der Waals surface area contributed by atoms with Crippen molar-refractivity contribution in [2.75, 3.05) is 11.9 Å². The van der Waals surface area contributed by atoms with E-state index in [-0.39, 0.29) is 37.4 Å². The molecular weight excluding hydrogens is 412 g/mol. The Morgan fingerprint density at radius 3 is 2.81 bits per heavy atom. The van der Waals surface area contributed by atoms with Crippen molar-refractivity contribution >= 4 is 34.0 Å². The third-order valence-electron chi connectivity index (χ3n) is 4.84. The molecule has 164 valence electrons. The summed E-state index contributed by atoms with van der Waals surface area (Å²) >= 11 is 1.37. The summed E-state index contributed by atoms with van der Waals surface area (Å²) in [5.74, 6) is 0.344. The van der Waals surface area contributed by atoms with E-state index in [1.54, 1.807) is 22.6 Å². The van der Waals surface area contributed by atoms with Gasteiger partial charge in [0.15, 0.2) is 5.13 Å². The SMILES string of the molecule is CC[C@H](C)NC(=O)CCN(Cc1ccco1)C(=O)c1csc(Nc2cccc(C)c2)n1. The number of carbonyl (C=O) groups is 2. The van der Waals surface area contributed by atoms with Crippen molar-refractivity contribution < 1.29 is 14.0 Å². The van der Waals surface area contributed by atoms with Crippen molar-refractivity contribution in [3.05, 3.63) is 65.1 Å². The summed E-state index contributed by atoms with van der Waals surface area (Å²) in [5.41, 5.74) is 2.40. The zero-order valence-electron chi connectivity index (χ0n) is 18.1. The number of amides is 2. The van der Waals surface area contributed by atoms with Crippen LogP contribution in [0.3, 0.4) is 0 Å². The summed E-state index contributed by atoms with van der Waals surface area (Å²) < 4.78 is 5.41. The lowest BCUT2D eigenvalue weighted by Crippen LogP contribution is -2.37. The highest BCUT2D eigenvalue weighted by molar-refractivity contribution is 7.14. The molecule has 0 saturated heterocycles. The quantitative estimate of drug-likeness (QED) is 0.476. The Balaban J connectivity index is 1.68. The third-order valence-corrected chi connectivity index (χ3v) is 5.59. The molecule has 1 atom stereocenters. The van der Waals surface area contributed by atoms with Gasteiger partial charge in [0.25, 0.3) is 5.91 Å². The standard InChI is InChI=1S/C23H28N4O3S/c1-4-17(3)24-21(28)10-11-27(14-19-9-6-12-30-19)22(29)20-15-31-23(26-20)25-18-8-5-7-16(2)13-18/h5-9,12-13,15,17H,4,10-11,14H2,1-3H3,(H,24,28)(H,25,26)/t17-/m0/s1. The molecule has 0 aliphatic carbocycles. The minimum absolute atomic E-state index is 0.0772. The van der Waals surface area contributed by atoms with E-state index in [2.05, 4.69) is 15.6 Å². The molecule has 0 unspecified atom stereocenters. The lowest BCUT2D eigenvalue weighted by atomic mass is 10.2. The summed E-state index contributed by atoms with van der Waals surface area (Å²) in [6, 6.07) is 11.7. The van der Waals surface area contributed by atoms with Gasteiger partial charge in [-0.1, -0.05) is 19.1 Å². The highest BCUT2D eigenvalue weighted by Gasteiger charge is 2.21. The summed E-state index contributed by atoms with van der Waals surface area (Å²) in [6.45, 7) is 6.55. The molecule has 2 N–H and O–H groups in total. The molecule has 1 aromatic carbocycles. The van der Waals surface area contributed by atoms with Gasteiger partial charge in [-0.05, 0) is 50.1 Å². The van der Waals surface area contributed by atoms with Crippen LogP contribution >= 0.6 is 11.3 Å². The molecule has 0 saturated carbocycles. The minimum Gasteiger partial charge on any atom is -0.467 e. The van der Waals surface area contributed by atoms with Crippen molar-refractivity contribution in [3.8, 4) is 0 Å². The fraction of sp³-hybridized carbons (Fsp3) is 0.348. The number of nitrogens with zero attached hydrogens (tertiary/aromatic N) is 2. The fourth-order valence-corrected chi connectivity index (χ4v) is 3.67. The van der Waals surface area contributed by atoms with Gasteiger partial charge in [0.2, 0.25) is 5.91 Å². The summed E-state index contributed by atoms with van der Waals surface area (Å²) in [7, 11) is 0. The van der Waals surface area contributed by atoms with E-state index in [4.69, 9.17) is 4.42 Å². The van der Waals surface area contributed by atoms with Gasteiger partial charge in [0.1, 0.15) is 11.5 Å². The van der Waals surface area contributed by atoms with Gasteiger partial charge >= 0.3 is 0 Å². The van der Waals surface area contributed by atoms with E-state index < -0.39 is 0 Å². The molecule has 0 spiro atoms. The lowest BCUT2D eigenvalue weighted by Gasteiger charge is -2.21. The highest BCUT2D eigenvalue weighted by Crippen LogP contribution is 2.23. The van der Waals surface area contributed by atoms with E-state index in [0.29, 0.717) is 16.6 Å². The van der Waals surface area contributed by atoms with E-state index >= 15 is 0 Å². The minimum atomic E-state index is -0.235. The lowest BCUT2D eigenvalue weighted by molar-refractivity contribution is -0.121. The molecule has 8 heteroatoms. The van der Waals surface area contributed by atoms with Gasteiger partial charge in [-0.2, -0.15) is 0 Å². The second-order valence-electron chi connectivity index (χ2n) is 7.47. The van der Waals surface area contributed by atoms with E-state index in [1.807, 2.05) is 51.1 Å². The molecule has 0 aliphatic rings. The Morgan fingerprint density at radius 1 is 1.26 bits per heavy atom. The maximum absolute atomic E-state index is 13.2. The average Bonchev–Trinajstić information content (AvgIpc) is 3.42. The predicted molar refractivity (Wildman–Crippen MR) is 123 cm³/mol. The Bertz CT molecular complexity index is 1000. The average molecular weight is 441 g/mol. The molecule has 0 bridgehead atoms. The number of benzene rings is 1. The van der Waals surface area contributed by atoms with Gasteiger partial charge in [-0.25, -0.2) is 4.98 Å². The van der Waals surface area contributed by atoms with Crippen molar-refractivity contribution in [2.45, 2.75) is 46.2 Å². The van der Waals surface area contributed by atoms with Crippen LogP contribution in [0.4, 0.5) is 10.8 Å². The van der Waals surface area contributed by atoms with Gasteiger partial charge in [0, 0.05) is 30.1 Å². The van der Waals surface area contributed by atoms with E-state index in [1.165, 1.54) is 11.3 Å². The van der Waals surface area contributed by atoms with Crippen LogP contribution in [0.1, 0.15) is 48.5 Å². The van der Waals surface area contributed by atoms with Crippen LogP contribution in [-0.2, 0) is 11.3 Å². The molecule has 3 aromatic rings. The number of anilines is 2. The van der Waals surface area contributed by atoms with Gasteiger partial charge < -0.3 is 20.0 Å². The highest BCUT2D eigenvalue weighted by atomic mass is 32.1. The number of nitrogens with one attached hydrogen (secondary N) is 2. The smallest absolute Gasteiger partial charge is 0.273 e. The van der Waals surface area contributed by atoms with Crippen molar-refractivity contribution in [2.24, 2.45) is 0 Å². The number of aryl methyl sites for hydroxylation is 1. The van der Waals surface area contributed by atoms with Gasteiger partial charge in [0.05, 0.1) is 12.8 Å². The van der Waals surface area contributed by atoms with E-state index in [0.717, 1.165) is 17.7 Å². The first kappa shape index (κ1) is 22.6. The Kier molecular flexibility index (Phi) is 7.83. The number of rotatable bonds is 10. The fourth-order valence-electron chi connectivity index (χ4n) is 2.97. The second kappa shape index (κ2) is 10.8. The van der Waals surface area contributed by atoms with Crippen LogP contribution in [-0.4, -0.2) is 34.3 Å². The molecule has 0 fully saturated rings. The topological polar surface area (TPSA) is 87.5 Å². The molecule has 3 rings (SSSR count). The second-order valence-corrected chi connectivity index (χ2v) is 8.32. The van der Waals surface area contributed by atoms with Crippen LogP contribution in [0.15, 0.2) is 52.5 Å². The summed E-state index contributed by atoms with van der Waals surface area (Å²) in [6.07, 6.45) is 2.64. The number of aromatic nitrogens is 1. The van der Waals surface area contributed by atoms with Crippen LogP contribution in [0.5, 0.6) is 0 Å². The number of furan rings is 1. The number of carbonyl (C=O) groups excluding carboxylic acids is 2. The first-order chi connectivity index (χ1) is 14.9. The Hall–Kier alpha value is -3.13. The van der Waals surface area contributed by atoms with Crippen LogP contribution in [0.25, 0.3) is 0 Å². The Morgan fingerprint density at radius 2 is 2.10 bits per heavy atom. The van der Waals surface area contributed by atoms with Gasteiger partial charge in [-0.3, -0.25) is 9.59 Å². The monoisotopic (exact) mass is 440 g/mol. The van der Waals surface area contributed by atoms with Crippen molar-refractivity contribution in [3.63, 3.8) is 0 Å². The zero-order chi connectivity index (χ0) is 22.2. The molecule has 2 heterocycles. The summed E-state index contributed by atoms with van der Waals surface area (Å²) in [5, 5.41) is 8.54. The van der Waals surface area contributed by atoms with Gasteiger partial charge in [-0.15, -0.1) is 11.3 Å². The summed E-state index contributed by atoms with van der Waals surface area (Å²) in [4.78, 5) is 31.4. The maximum atomic E-state index is 13.2. The number of hydrogen-bond acceptors (Lipinski definition) is 6. The van der Waals surface area contributed by atoms with Crippen molar-refractivity contribution in [1.82, 2.24) is 15.2 Å². The molecular formula is C23H28N4O3S. The maximum Gasteiger partial charge on any atom is 0.273 e. The molecule has 2 aromatic heterocycles. The zero-order valence-corrected chi connectivity index (χ0v) is 18.9. The molecule has 31 heavy (non-hydrogen) atoms. The largest absolute Gasteiger partial charge is 0.467 e. The first-order valence-electron chi connectivity index (χ1n) is 10.3. The first-order valence-corrected chi connectivity index (χ1v) is 11.2. The molecule has 0 radical (unpaired) electrons. The van der Waals surface area contributed by atoms with E-state index in [9.17, 15) is 9.59 Å². The van der Waals surface area contributed by atoms with Crippen LogP contribution in [0, 0.1) is 6.92 Å². The van der Waals surface area contributed by atoms with Crippen molar-refractivity contribution in [1.29, 1.82) is 0 Å². The number of hydrogen-bond donors (Lipinski definition) is 2.